The first-order valence-corrected chi connectivity index (χ1v) is 13.0. The zero-order chi connectivity index (χ0) is 29.6. The van der Waals surface area contributed by atoms with E-state index in [0.29, 0.717) is 0 Å². The van der Waals surface area contributed by atoms with E-state index >= 15 is 0 Å². The third-order valence-electron chi connectivity index (χ3n) is 6.60. The number of carbonyl (C=O) groups is 3. The van der Waals surface area contributed by atoms with Crippen molar-refractivity contribution < 1.29 is 33.3 Å². The molecule has 1 aliphatic heterocycles. The van der Waals surface area contributed by atoms with Gasteiger partial charge in [-0.1, -0.05) is 54.6 Å². The number of esters is 3. The number of carbonyl (C=O) groups excluding carboxylic acids is 3. The zero-order valence-corrected chi connectivity index (χ0v) is 22.4. The summed E-state index contributed by atoms with van der Waals surface area (Å²) < 4.78 is 24.4. The molecule has 1 fully saturated rings. The Balaban J connectivity index is 1.56. The summed E-state index contributed by atoms with van der Waals surface area (Å²) in [6, 6.07) is 24.3. The molecule has 0 bridgehead atoms. The average molecular weight is 571 g/mol. The van der Waals surface area contributed by atoms with Gasteiger partial charge in [-0.2, -0.15) is 0 Å². The van der Waals surface area contributed by atoms with Crippen molar-refractivity contribution in [2.45, 2.75) is 31.5 Å². The summed E-state index contributed by atoms with van der Waals surface area (Å²) in [7, 11) is 0. The van der Waals surface area contributed by atoms with E-state index in [-0.39, 0.29) is 28.9 Å². The monoisotopic (exact) mass is 570 g/mol. The topological polar surface area (TPSA) is 143 Å². The number of nitrogens with one attached hydrogen (secondary N) is 1. The maximum atomic E-state index is 13.3. The molecule has 1 aliphatic rings. The number of ether oxygens (including phenoxy) is 4. The van der Waals surface area contributed by atoms with Gasteiger partial charge in [0.1, 0.15) is 0 Å². The Labute approximate surface area is 239 Å². The molecule has 1 N–H and O–H groups in total. The maximum absolute atomic E-state index is 13.3. The molecule has 4 atom stereocenters. The standard InChI is InChI=1S/C31H26N2O9/c1-19-17-33(31(38)32-26(19)34)27-25(42-30(37)22-15-9-4-10-16-22)24(41-29(36)21-13-7-3-8-14-21)23(18-39-27)40-28(35)20-11-5-2-6-12-20/h2-17,23-25,27H,18H2,1H3,(H,32,34,38). The van der Waals surface area contributed by atoms with Crippen LogP contribution in [0, 0.1) is 6.92 Å². The molecule has 0 saturated carbocycles. The number of aryl methyl sites for hydroxylation is 1. The molecule has 4 aromatic rings. The number of H-pyrrole nitrogens is 1. The van der Waals surface area contributed by atoms with Gasteiger partial charge in [0.05, 0.1) is 23.3 Å². The summed E-state index contributed by atoms with van der Waals surface area (Å²) in [4.78, 5) is 66.7. The highest BCUT2D eigenvalue weighted by molar-refractivity contribution is 5.91. The van der Waals surface area contributed by atoms with Crippen molar-refractivity contribution in [2.75, 3.05) is 6.61 Å². The van der Waals surface area contributed by atoms with Crippen molar-refractivity contribution in [1.29, 1.82) is 0 Å². The first-order chi connectivity index (χ1) is 20.3. The SMILES string of the molecule is Cc1cn(C2OCC(OC(=O)c3ccccc3)C(OC(=O)c3ccccc3)C2OC(=O)c2ccccc2)c(=O)[nH]c1=O. The number of nitrogens with zero attached hydrogens (tertiary/aromatic N) is 1. The molecule has 0 amide bonds. The average Bonchev–Trinajstić information content (AvgIpc) is 3.02. The quantitative estimate of drug-likeness (QED) is 0.262. The van der Waals surface area contributed by atoms with Crippen molar-refractivity contribution in [3.63, 3.8) is 0 Å². The first kappa shape index (κ1) is 28.2. The van der Waals surface area contributed by atoms with Gasteiger partial charge >= 0.3 is 23.6 Å². The molecule has 0 radical (unpaired) electrons. The van der Waals surface area contributed by atoms with Crippen LogP contribution in [-0.2, 0) is 18.9 Å². The van der Waals surface area contributed by atoms with Gasteiger partial charge in [0.2, 0.25) is 0 Å². The zero-order valence-electron chi connectivity index (χ0n) is 22.4. The van der Waals surface area contributed by atoms with E-state index in [2.05, 4.69) is 4.98 Å². The van der Waals surface area contributed by atoms with E-state index in [1.807, 2.05) is 0 Å². The van der Waals surface area contributed by atoms with E-state index in [9.17, 15) is 24.0 Å². The summed E-state index contributed by atoms with van der Waals surface area (Å²) in [5, 5.41) is 0. The maximum Gasteiger partial charge on any atom is 0.338 e. The van der Waals surface area contributed by atoms with Crippen LogP contribution >= 0.6 is 0 Å². The van der Waals surface area contributed by atoms with Gasteiger partial charge in [0.15, 0.2) is 24.5 Å². The molecular weight excluding hydrogens is 544 g/mol. The van der Waals surface area contributed by atoms with Crippen LogP contribution < -0.4 is 11.2 Å². The van der Waals surface area contributed by atoms with Crippen molar-refractivity contribution in [1.82, 2.24) is 9.55 Å². The number of hydrogen-bond donors (Lipinski definition) is 1. The lowest BCUT2D eigenvalue weighted by Gasteiger charge is -2.41. The van der Waals surface area contributed by atoms with Gasteiger partial charge in [-0.05, 0) is 43.3 Å². The molecular formula is C31H26N2O9. The van der Waals surface area contributed by atoms with Crippen LogP contribution in [-0.4, -0.2) is 52.4 Å². The molecule has 1 saturated heterocycles. The molecule has 214 valence electrons. The molecule has 0 spiro atoms. The number of benzene rings is 3. The molecule has 11 nitrogen and oxygen atoms in total. The normalized spacial score (nSPS) is 19.8. The van der Waals surface area contributed by atoms with Gasteiger partial charge < -0.3 is 18.9 Å². The van der Waals surface area contributed by atoms with Gasteiger partial charge in [-0.15, -0.1) is 0 Å². The summed E-state index contributed by atoms with van der Waals surface area (Å²) in [6.45, 7) is 1.15. The van der Waals surface area contributed by atoms with E-state index < -0.39 is 53.7 Å². The Hall–Kier alpha value is -5.29. The van der Waals surface area contributed by atoms with E-state index in [1.54, 1.807) is 66.7 Å². The summed E-state index contributed by atoms with van der Waals surface area (Å²) in [6.07, 6.45) is -4.26. The van der Waals surface area contributed by atoms with E-state index in [1.165, 1.54) is 37.4 Å². The minimum Gasteiger partial charge on any atom is -0.452 e. The smallest absolute Gasteiger partial charge is 0.338 e. The van der Waals surface area contributed by atoms with Crippen molar-refractivity contribution >= 4 is 17.9 Å². The second-order valence-corrected chi connectivity index (χ2v) is 9.48. The Morgan fingerprint density at radius 3 is 1.67 bits per heavy atom. The molecule has 4 unspecified atom stereocenters. The lowest BCUT2D eigenvalue weighted by atomic mass is 10.0. The summed E-state index contributed by atoms with van der Waals surface area (Å²) in [5.41, 5.74) is -0.660. The molecule has 2 heterocycles. The highest BCUT2D eigenvalue weighted by Gasteiger charge is 2.49. The van der Waals surface area contributed by atoms with Crippen molar-refractivity contribution in [3.05, 3.63) is 140 Å². The molecule has 42 heavy (non-hydrogen) atoms. The Kier molecular flexibility index (Phi) is 8.39. The summed E-state index contributed by atoms with van der Waals surface area (Å²) >= 11 is 0. The molecule has 3 aromatic carbocycles. The number of hydrogen-bond acceptors (Lipinski definition) is 9. The lowest BCUT2D eigenvalue weighted by Crippen LogP contribution is -2.57. The molecule has 11 heteroatoms. The molecule has 0 aliphatic carbocycles. The van der Waals surface area contributed by atoms with Crippen LogP contribution in [0.15, 0.2) is 107 Å². The minimum absolute atomic E-state index is 0.179. The fourth-order valence-electron chi connectivity index (χ4n) is 4.45. The van der Waals surface area contributed by atoms with E-state index in [0.717, 1.165) is 4.57 Å². The number of aromatic amines is 1. The second-order valence-electron chi connectivity index (χ2n) is 9.48. The Morgan fingerprint density at radius 2 is 1.17 bits per heavy atom. The van der Waals surface area contributed by atoms with Crippen LogP contribution in [0.2, 0.25) is 0 Å². The largest absolute Gasteiger partial charge is 0.452 e. The Morgan fingerprint density at radius 1 is 0.714 bits per heavy atom. The minimum atomic E-state index is -1.49. The first-order valence-electron chi connectivity index (χ1n) is 13.0. The predicted molar refractivity (Wildman–Crippen MR) is 148 cm³/mol. The van der Waals surface area contributed by atoms with Gasteiger partial charge in [0, 0.05) is 11.8 Å². The van der Waals surface area contributed by atoms with Crippen LogP contribution in [0.1, 0.15) is 42.9 Å². The lowest BCUT2D eigenvalue weighted by molar-refractivity contribution is -0.213. The van der Waals surface area contributed by atoms with Crippen molar-refractivity contribution in [3.8, 4) is 0 Å². The van der Waals surface area contributed by atoms with Crippen LogP contribution in [0.25, 0.3) is 0 Å². The number of rotatable bonds is 7. The third kappa shape index (κ3) is 6.21. The van der Waals surface area contributed by atoms with Crippen LogP contribution in [0.5, 0.6) is 0 Å². The highest BCUT2D eigenvalue weighted by Crippen LogP contribution is 2.31. The van der Waals surface area contributed by atoms with Crippen molar-refractivity contribution in [2.24, 2.45) is 0 Å². The van der Waals surface area contributed by atoms with E-state index in [4.69, 9.17) is 18.9 Å². The predicted octanol–water partition coefficient (Wildman–Crippen LogP) is 3.05. The highest BCUT2D eigenvalue weighted by atomic mass is 16.6. The van der Waals surface area contributed by atoms with Crippen LogP contribution in [0.3, 0.4) is 0 Å². The van der Waals surface area contributed by atoms with Gasteiger partial charge in [0.25, 0.3) is 5.56 Å². The fourth-order valence-corrected chi connectivity index (χ4v) is 4.45. The second kappa shape index (κ2) is 12.5. The number of aromatic nitrogens is 2. The Bertz CT molecular complexity index is 1680. The molecule has 1 aromatic heterocycles. The van der Waals surface area contributed by atoms with Crippen LogP contribution in [0.4, 0.5) is 0 Å². The third-order valence-corrected chi connectivity index (χ3v) is 6.60. The van der Waals surface area contributed by atoms with Gasteiger partial charge in [-0.3, -0.25) is 14.3 Å². The van der Waals surface area contributed by atoms with Gasteiger partial charge in [-0.25, -0.2) is 19.2 Å². The summed E-state index contributed by atoms with van der Waals surface area (Å²) in [5.74, 6) is -2.32. The fraction of sp³-hybridized carbons (Fsp3) is 0.194. The molecule has 5 rings (SSSR count).